The van der Waals surface area contributed by atoms with E-state index in [1.54, 1.807) is 6.20 Å². The molecule has 0 saturated carbocycles. The molecule has 0 aliphatic rings. The molecule has 0 aliphatic heterocycles. The summed E-state index contributed by atoms with van der Waals surface area (Å²) in [4.78, 5) is 4.11. The SMILES string of the molecule is CC(C)c1cnc(S(C)(=O)=O)c2ccccc12. The molecule has 0 fully saturated rings. The minimum absolute atomic E-state index is 0.164. The summed E-state index contributed by atoms with van der Waals surface area (Å²) < 4.78 is 23.3. The highest BCUT2D eigenvalue weighted by Gasteiger charge is 2.16. The van der Waals surface area contributed by atoms with Gasteiger partial charge in [0.05, 0.1) is 0 Å². The molecule has 17 heavy (non-hydrogen) atoms. The standard InChI is InChI=1S/C13H15NO2S/c1-9(2)12-8-14-13(17(3,15)16)11-7-5-4-6-10(11)12/h4-9H,1-3H3. The second-order valence-electron chi connectivity index (χ2n) is 4.49. The van der Waals surface area contributed by atoms with Gasteiger partial charge in [0, 0.05) is 17.8 Å². The van der Waals surface area contributed by atoms with Crippen molar-refractivity contribution in [3.05, 3.63) is 36.0 Å². The molecule has 0 N–H and O–H groups in total. The van der Waals surface area contributed by atoms with Gasteiger partial charge in [0.15, 0.2) is 14.9 Å². The first-order chi connectivity index (χ1) is 7.91. The maximum Gasteiger partial charge on any atom is 0.193 e. The Balaban J connectivity index is 2.90. The van der Waals surface area contributed by atoms with Gasteiger partial charge in [-0.25, -0.2) is 13.4 Å². The molecular weight excluding hydrogens is 234 g/mol. The van der Waals surface area contributed by atoms with Gasteiger partial charge in [0.1, 0.15) is 0 Å². The lowest BCUT2D eigenvalue weighted by Crippen LogP contribution is -2.03. The summed E-state index contributed by atoms with van der Waals surface area (Å²) in [6.07, 6.45) is 2.86. The highest BCUT2D eigenvalue weighted by atomic mass is 32.2. The number of rotatable bonds is 2. The predicted molar refractivity (Wildman–Crippen MR) is 68.9 cm³/mol. The summed E-state index contributed by atoms with van der Waals surface area (Å²) in [7, 11) is -3.28. The zero-order valence-electron chi connectivity index (χ0n) is 10.1. The van der Waals surface area contributed by atoms with Crippen LogP contribution in [0.2, 0.25) is 0 Å². The lowest BCUT2D eigenvalue weighted by Gasteiger charge is -2.11. The highest BCUT2D eigenvalue weighted by molar-refractivity contribution is 7.90. The maximum atomic E-state index is 11.7. The third kappa shape index (κ3) is 2.17. The van der Waals surface area contributed by atoms with Gasteiger partial charge in [-0.2, -0.15) is 0 Å². The number of fused-ring (bicyclic) bond motifs is 1. The molecule has 2 aromatic rings. The van der Waals surface area contributed by atoms with Crippen LogP contribution in [0.3, 0.4) is 0 Å². The molecule has 1 aromatic carbocycles. The smallest absolute Gasteiger partial charge is 0.193 e. The minimum atomic E-state index is -3.28. The van der Waals surface area contributed by atoms with E-state index in [0.29, 0.717) is 11.3 Å². The van der Waals surface area contributed by atoms with Crippen molar-refractivity contribution in [2.24, 2.45) is 0 Å². The number of benzene rings is 1. The van der Waals surface area contributed by atoms with Crippen LogP contribution in [0, 0.1) is 0 Å². The largest absolute Gasteiger partial charge is 0.244 e. The van der Waals surface area contributed by atoms with E-state index in [-0.39, 0.29) is 5.03 Å². The second-order valence-corrected chi connectivity index (χ2v) is 6.42. The van der Waals surface area contributed by atoms with E-state index < -0.39 is 9.84 Å². The zero-order chi connectivity index (χ0) is 12.6. The van der Waals surface area contributed by atoms with E-state index in [1.165, 1.54) is 6.26 Å². The quantitative estimate of drug-likeness (QED) is 0.822. The van der Waals surface area contributed by atoms with Gasteiger partial charge in [-0.1, -0.05) is 38.1 Å². The molecule has 4 heteroatoms. The lowest BCUT2D eigenvalue weighted by molar-refractivity contribution is 0.599. The van der Waals surface area contributed by atoms with Crippen molar-refractivity contribution >= 4 is 20.6 Å². The molecule has 2 rings (SSSR count). The zero-order valence-corrected chi connectivity index (χ0v) is 11.0. The van der Waals surface area contributed by atoms with Crippen molar-refractivity contribution in [2.75, 3.05) is 6.26 Å². The number of hydrogen-bond donors (Lipinski definition) is 0. The Morgan fingerprint density at radius 2 is 1.71 bits per heavy atom. The third-order valence-electron chi connectivity index (χ3n) is 2.76. The number of hydrogen-bond acceptors (Lipinski definition) is 3. The van der Waals surface area contributed by atoms with Gasteiger partial charge < -0.3 is 0 Å². The number of nitrogens with zero attached hydrogens (tertiary/aromatic N) is 1. The van der Waals surface area contributed by atoms with Crippen molar-refractivity contribution in [2.45, 2.75) is 24.8 Å². The second kappa shape index (κ2) is 4.11. The summed E-state index contributed by atoms with van der Waals surface area (Å²) in [5.41, 5.74) is 1.08. The van der Waals surface area contributed by atoms with Crippen molar-refractivity contribution in [3.63, 3.8) is 0 Å². The fraction of sp³-hybridized carbons (Fsp3) is 0.308. The van der Waals surface area contributed by atoms with Gasteiger partial charge in [0.25, 0.3) is 0 Å². The Morgan fingerprint density at radius 3 is 2.24 bits per heavy atom. The summed E-state index contributed by atoms with van der Waals surface area (Å²) in [6.45, 7) is 4.15. The van der Waals surface area contributed by atoms with Crippen molar-refractivity contribution < 1.29 is 8.42 Å². The topological polar surface area (TPSA) is 47.0 Å². The number of sulfone groups is 1. The van der Waals surface area contributed by atoms with Gasteiger partial charge in [-0.05, 0) is 16.9 Å². The molecular formula is C13H15NO2S. The molecule has 0 aliphatic carbocycles. The summed E-state index contributed by atoms with van der Waals surface area (Å²) in [5.74, 6) is 0.320. The number of aromatic nitrogens is 1. The van der Waals surface area contributed by atoms with Gasteiger partial charge in [0.2, 0.25) is 0 Å². The Hall–Kier alpha value is -1.42. The van der Waals surface area contributed by atoms with Crippen molar-refractivity contribution in [1.29, 1.82) is 0 Å². The molecule has 90 valence electrons. The average molecular weight is 249 g/mol. The first-order valence-corrected chi connectivity index (χ1v) is 7.38. The first kappa shape index (κ1) is 12.0. The fourth-order valence-corrected chi connectivity index (χ4v) is 2.77. The van der Waals surface area contributed by atoms with Gasteiger partial charge >= 0.3 is 0 Å². The molecule has 0 spiro atoms. The van der Waals surface area contributed by atoms with Crippen LogP contribution in [0.25, 0.3) is 10.8 Å². The number of pyridine rings is 1. The monoisotopic (exact) mass is 249 g/mol. The molecule has 0 atom stereocenters. The third-order valence-corrected chi connectivity index (χ3v) is 3.79. The van der Waals surface area contributed by atoms with Crippen molar-refractivity contribution in [1.82, 2.24) is 4.98 Å². The molecule has 0 amide bonds. The van der Waals surface area contributed by atoms with Crippen molar-refractivity contribution in [3.8, 4) is 0 Å². The summed E-state index contributed by atoms with van der Waals surface area (Å²) in [5, 5.41) is 1.84. The lowest BCUT2D eigenvalue weighted by atomic mass is 9.99. The van der Waals surface area contributed by atoms with E-state index in [2.05, 4.69) is 18.8 Å². The average Bonchev–Trinajstić information content (AvgIpc) is 2.26. The van der Waals surface area contributed by atoms with Crippen LogP contribution in [0.1, 0.15) is 25.3 Å². The Morgan fingerprint density at radius 1 is 1.12 bits per heavy atom. The summed E-state index contributed by atoms with van der Waals surface area (Å²) >= 11 is 0. The Bertz CT molecular complexity index is 660. The van der Waals surface area contributed by atoms with Crippen LogP contribution < -0.4 is 0 Å². The minimum Gasteiger partial charge on any atom is -0.244 e. The van der Waals surface area contributed by atoms with Gasteiger partial charge in [-0.15, -0.1) is 0 Å². The van der Waals surface area contributed by atoms with Crippen LogP contribution >= 0.6 is 0 Å². The van der Waals surface area contributed by atoms with E-state index in [9.17, 15) is 8.42 Å². The molecule has 0 saturated heterocycles. The molecule has 0 unspecified atom stereocenters. The van der Waals surface area contributed by atoms with Crippen LogP contribution in [0.4, 0.5) is 0 Å². The van der Waals surface area contributed by atoms with E-state index in [4.69, 9.17) is 0 Å². The molecule has 0 radical (unpaired) electrons. The van der Waals surface area contributed by atoms with Crippen LogP contribution in [-0.2, 0) is 9.84 Å². The maximum absolute atomic E-state index is 11.7. The van der Waals surface area contributed by atoms with E-state index in [0.717, 1.165) is 10.9 Å². The molecule has 1 aromatic heterocycles. The summed E-state index contributed by atoms with van der Waals surface area (Å²) in [6, 6.07) is 7.51. The first-order valence-electron chi connectivity index (χ1n) is 5.49. The Kier molecular flexibility index (Phi) is 2.91. The normalized spacial score (nSPS) is 12.2. The molecule has 0 bridgehead atoms. The van der Waals surface area contributed by atoms with Crippen LogP contribution in [0.5, 0.6) is 0 Å². The van der Waals surface area contributed by atoms with Crippen LogP contribution in [-0.4, -0.2) is 19.7 Å². The molecule has 1 heterocycles. The van der Waals surface area contributed by atoms with Gasteiger partial charge in [-0.3, -0.25) is 0 Å². The van der Waals surface area contributed by atoms with Crippen LogP contribution in [0.15, 0.2) is 35.5 Å². The fourth-order valence-electron chi connectivity index (χ4n) is 1.94. The van der Waals surface area contributed by atoms with E-state index in [1.807, 2.05) is 24.3 Å². The van der Waals surface area contributed by atoms with E-state index >= 15 is 0 Å². The molecule has 3 nitrogen and oxygen atoms in total. The highest BCUT2D eigenvalue weighted by Crippen LogP contribution is 2.28. The predicted octanol–water partition coefficient (Wildman–Crippen LogP) is 2.76. The Labute approximate surface area is 101 Å².